The van der Waals surface area contributed by atoms with Gasteiger partial charge in [0, 0.05) is 19.7 Å². The van der Waals surface area contributed by atoms with Gasteiger partial charge in [0.1, 0.15) is 5.60 Å². The molecule has 0 saturated carbocycles. The van der Waals surface area contributed by atoms with Crippen molar-refractivity contribution in [1.29, 1.82) is 0 Å². The molecule has 2 N–H and O–H groups in total. The van der Waals surface area contributed by atoms with E-state index in [9.17, 15) is 4.79 Å². The summed E-state index contributed by atoms with van der Waals surface area (Å²) < 4.78 is 10.5. The van der Waals surface area contributed by atoms with Crippen LogP contribution in [0.2, 0.25) is 0 Å². The summed E-state index contributed by atoms with van der Waals surface area (Å²) >= 11 is 0. The van der Waals surface area contributed by atoms with Crippen LogP contribution in [0.4, 0.5) is 4.79 Å². The van der Waals surface area contributed by atoms with Crippen LogP contribution in [0.3, 0.4) is 0 Å². The molecule has 23 heavy (non-hydrogen) atoms. The predicted molar refractivity (Wildman–Crippen MR) is 95.8 cm³/mol. The summed E-state index contributed by atoms with van der Waals surface area (Å²) in [6.07, 6.45) is 1.50. The van der Waals surface area contributed by atoms with Crippen molar-refractivity contribution in [3.8, 4) is 0 Å². The molecule has 0 aromatic carbocycles. The Morgan fingerprint density at radius 1 is 1.13 bits per heavy atom. The molecule has 0 aromatic rings. The van der Waals surface area contributed by atoms with E-state index in [1.54, 1.807) is 7.11 Å². The fourth-order valence-corrected chi connectivity index (χ4v) is 1.95. The number of methoxy groups -OCH3 is 1. The SMILES string of the molecule is COCC(CCCNC(=O)OC(C)(C)C)NCC(C)C(C)(C)C. The number of carbonyl (C=O) groups is 1. The van der Waals surface area contributed by atoms with Gasteiger partial charge in [-0.05, 0) is 51.5 Å². The standard InChI is InChI=1S/C18H38N2O3/c1-14(17(2,3)4)12-20-15(13-22-8)10-9-11-19-16(21)23-18(5,6)7/h14-15,20H,9-13H2,1-8H3,(H,19,21). The first-order chi connectivity index (χ1) is 10.5. The second-order valence-corrected chi connectivity index (χ2v) is 8.40. The van der Waals surface area contributed by atoms with Crippen molar-refractivity contribution in [3.63, 3.8) is 0 Å². The lowest BCUT2D eigenvalue weighted by molar-refractivity contribution is 0.0526. The second-order valence-electron chi connectivity index (χ2n) is 8.40. The number of alkyl carbamates (subject to hydrolysis) is 1. The maximum Gasteiger partial charge on any atom is 0.407 e. The van der Waals surface area contributed by atoms with Gasteiger partial charge in [0.05, 0.1) is 6.61 Å². The van der Waals surface area contributed by atoms with Gasteiger partial charge in [-0.25, -0.2) is 4.79 Å². The Morgan fingerprint density at radius 2 is 1.74 bits per heavy atom. The van der Waals surface area contributed by atoms with E-state index in [0.717, 1.165) is 19.4 Å². The summed E-state index contributed by atoms with van der Waals surface area (Å²) in [4.78, 5) is 11.6. The third-order valence-corrected chi connectivity index (χ3v) is 3.96. The van der Waals surface area contributed by atoms with Gasteiger partial charge in [0.25, 0.3) is 0 Å². The number of hydrogen-bond donors (Lipinski definition) is 2. The zero-order chi connectivity index (χ0) is 18.1. The molecule has 0 heterocycles. The zero-order valence-corrected chi connectivity index (χ0v) is 16.4. The molecule has 0 rings (SSSR count). The van der Waals surface area contributed by atoms with Crippen LogP contribution < -0.4 is 10.6 Å². The molecular formula is C18H38N2O3. The van der Waals surface area contributed by atoms with Crippen molar-refractivity contribution in [2.24, 2.45) is 11.3 Å². The maximum atomic E-state index is 11.6. The molecule has 0 bridgehead atoms. The Bertz CT molecular complexity index is 332. The molecule has 5 heteroatoms. The van der Waals surface area contributed by atoms with E-state index in [1.807, 2.05) is 20.8 Å². The molecule has 5 nitrogen and oxygen atoms in total. The fraction of sp³-hybridized carbons (Fsp3) is 0.944. The van der Waals surface area contributed by atoms with E-state index in [-0.39, 0.29) is 6.09 Å². The smallest absolute Gasteiger partial charge is 0.407 e. The van der Waals surface area contributed by atoms with Gasteiger partial charge in [0.15, 0.2) is 0 Å². The second kappa shape index (κ2) is 10.1. The number of amides is 1. The lowest BCUT2D eigenvalue weighted by Gasteiger charge is -2.29. The van der Waals surface area contributed by atoms with E-state index in [2.05, 4.69) is 38.3 Å². The van der Waals surface area contributed by atoms with Gasteiger partial charge in [-0.2, -0.15) is 0 Å². The van der Waals surface area contributed by atoms with Crippen molar-refractivity contribution in [2.75, 3.05) is 26.8 Å². The number of carbonyl (C=O) groups excluding carboxylic acids is 1. The first kappa shape index (κ1) is 22.2. The van der Waals surface area contributed by atoms with Crippen molar-refractivity contribution in [3.05, 3.63) is 0 Å². The third-order valence-electron chi connectivity index (χ3n) is 3.96. The lowest BCUT2D eigenvalue weighted by atomic mass is 9.82. The van der Waals surface area contributed by atoms with Gasteiger partial charge in [-0.3, -0.25) is 0 Å². The van der Waals surface area contributed by atoms with Crippen LogP contribution >= 0.6 is 0 Å². The summed E-state index contributed by atoms with van der Waals surface area (Å²) in [5.74, 6) is 0.585. The average molecular weight is 331 g/mol. The van der Waals surface area contributed by atoms with E-state index in [1.165, 1.54) is 0 Å². The number of ether oxygens (including phenoxy) is 2. The molecule has 0 radical (unpaired) electrons. The number of hydrogen-bond acceptors (Lipinski definition) is 4. The molecule has 0 spiro atoms. The molecule has 0 aliphatic rings. The number of rotatable bonds is 9. The highest BCUT2D eigenvalue weighted by atomic mass is 16.6. The molecule has 138 valence electrons. The molecule has 0 aliphatic carbocycles. The summed E-state index contributed by atoms with van der Waals surface area (Å²) in [7, 11) is 1.72. The average Bonchev–Trinajstić information content (AvgIpc) is 2.37. The summed E-state index contributed by atoms with van der Waals surface area (Å²) in [5.41, 5.74) is -0.157. The van der Waals surface area contributed by atoms with Crippen LogP contribution in [0.15, 0.2) is 0 Å². The highest BCUT2D eigenvalue weighted by molar-refractivity contribution is 5.67. The van der Waals surface area contributed by atoms with Crippen LogP contribution in [-0.4, -0.2) is 44.5 Å². The van der Waals surface area contributed by atoms with Crippen LogP contribution in [0.25, 0.3) is 0 Å². The quantitative estimate of drug-likeness (QED) is 0.634. The molecule has 0 aromatic heterocycles. The largest absolute Gasteiger partial charge is 0.444 e. The fourth-order valence-electron chi connectivity index (χ4n) is 1.95. The molecule has 2 unspecified atom stereocenters. The monoisotopic (exact) mass is 330 g/mol. The van der Waals surface area contributed by atoms with Crippen LogP contribution in [-0.2, 0) is 9.47 Å². The summed E-state index contributed by atoms with van der Waals surface area (Å²) in [6.45, 7) is 16.9. The molecule has 0 saturated heterocycles. The van der Waals surface area contributed by atoms with E-state index in [4.69, 9.17) is 9.47 Å². The minimum atomic E-state index is -0.451. The number of nitrogens with one attached hydrogen (secondary N) is 2. The topological polar surface area (TPSA) is 59.6 Å². The van der Waals surface area contributed by atoms with Gasteiger partial charge >= 0.3 is 6.09 Å². The third kappa shape index (κ3) is 12.3. The first-order valence-electron chi connectivity index (χ1n) is 8.65. The molecule has 1 amide bonds. The minimum absolute atomic E-state index is 0.295. The van der Waals surface area contributed by atoms with Crippen molar-refractivity contribution >= 4 is 6.09 Å². The van der Waals surface area contributed by atoms with Gasteiger partial charge in [-0.15, -0.1) is 0 Å². The Kier molecular flexibility index (Phi) is 9.78. The van der Waals surface area contributed by atoms with Crippen LogP contribution in [0, 0.1) is 11.3 Å². The molecule has 0 aliphatic heterocycles. The maximum absolute atomic E-state index is 11.6. The summed E-state index contributed by atoms with van der Waals surface area (Å²) in [6, 6.07) is 0.310. The van der Waals surface area contributed by atoms with Gasteiger partial charge in [-0.1, -0.05) is 27.7 Å². The van der Waals surface area contributed by atoms with Crippen molar-refractivity contribution in [1.82, 2.24) is 10.6 Å². The lowest BCUT2D eigenvalue weighted by Crippen LogP contribution is -2.39. The van der Waals surface area contributed by atoms with E-state index < -0.39 is 5.60 Å². The van der Waals surface area contributed by atoms with Gasteiger partial charge in [0.2, 0.25) is 0 Å². The predicted octanol–water partition coefficient (Wildman–Crippen LogP) is 3.58. The Morgan fingerprint density at radius 3 is 2.22 bits per heavy atom. The molecule has 2 atom stereocenters. The van der Waals surface area contributed by atoms with Crippen molar-refractivity contribution in [2.45, 2.75) is 73.0 Å². The zero-order valence-electron chi connectivity index (χ0n) is 16.4. The van der Waals surface area contributed by atoms with E-state index in [0.29, 0.717) is 30.5 Å². The Balaban J connectivity index is 4.03. The Hall–Kier alpha value is -0.810. The first-order valence-corrected chi connectivity index (χ1v) is 8.65. The molecular weight excluding hydrogens is 292 g/mol. The molecule has 0 fully saturated rings. The summed E-state index contributed by atoms with van der Waals surface area (Å²) in [5, 5.41) is 6.38. The van der Waals surface area contributed by atoms with E-state index >= 15 is 0 Å². The van der Waals surface area contributed by atoms with Gasteiger partial charge < -0.3 is 20.1 Å². The highest BCUT2D eigenvalue weighted by Gasteiger charge is 2.21. The van der Waals surface area contributed by atoms with Crippen LogP contribution in [0.5, 0.6) is 0 Å². The highest BCUT2D eigenvalue weighted by Crippen LogP contribution is 2.24. The van der Waals surface area contributed by atoms with Crippen LogP contribution in [0.1, 0.15) is 61.3 Å². The Labute approximate surface area is 142 Å². The van der Waals surface area contributed by atoms with Crippen molar-refractivity contribution < 1.29 is 14.3 Å². The normalized spacial score (nSPS) is 15.1. The minimum Gasteiger partial charge on any atom is -0.444 e.